The van der Waals surface area contributed by atoms with Gasteiger partial charge in [0.15, 0.2) is 5.78 Å². The Balaban J connectivity index is 2.00. The minimum absolute atomic E-state index is 0.218. The molecule has 0 atom stereocenters. The van der Waals surface area contributed by atoms with E-state index in [-0.39, 0.29) is 12.3 Å². The van der Waals surface area contributed by atoms with E-state index in [1.165, 1.54) is 24.8 Å². The lowest BCUT2D eigenvalue weighted by Crippen LogP contribution is -2.26. The van der Waals surface area contributed by atoms with Gasteiger partial charge in [-0.05, 0) is 56.7 Å². The lowest BCUT2D eigenvalue weighted by Gasteiger charge is -2.24. The van der Waals surface area contributed by atoms with Gasteiger partial charge in [0.2, 0.25) is 0 Å². The van der Waals surface area contributed by atoms with Crippen LogP contribution < -0.4 is 0 Å². The van der Waals surface area contributed by atoms with Gasteiger partial charge in [0.1, 0.15) is 12.2 Å². The van der Waals surface area contributed by atoms with Crippen LogP contribution in [0.25, 0.3) is 28.2 Å². The first-order valence-corrected chi connectivity index (χ1v) is 13.1. The largest absolute Gasteiger partial charge is 0.457 e. The summed E-state index contributed by atoms with van der Waals surface area (Å²) in [4.78, 5) is 25.4. The SMILES string of the molecule is C=Cc1ccccc1-c1c(C2CCCCC2)c2ccc(C(=O)CO)cc2n1CC(=C)C(=O)OC(C)(C)C. The number of fused-ring (bicyclic) bond motifs is 1. The minimum Gasteiger partial charge on any atom is -0.457 e. The molecule has 37 heavy (non-hydrogen) atoms. The van der Waals surface area contributed by atoms with Crippen molar-refractivity contribution in [3.8, 4) is 11.3 Å². The minimum atomic E-state index is -0.634. The fraction of sp³-hybridized carbons (Fsp3) is 0.375. The van der Waals surface area contributed by atoms with Gasteiger partial charge in [-0.2, -0.15) is 0 Å². The molecule has 0 saturated heterocycles. The van der Waals surface area contributed by atoms with Crippen molar-refractivity contribution in [3.63, 3.8) is 0 Å². The molecule has 0 amide bonds. The van der Waals surface area contributed by atoms with Crippen molar-refractivity contribution < 1.29 is 19.4 Å². The monoisotopic (exact) mass is 499 g/mol. The van der Waals surface area contributed by atoms with Crippen molar-refractivity contribution in [2.24, 2.45) is 0 Å². The summed E-state index contributed by atoms with van der Waals surface area (Å²) in [5.41, 5.74) is 5.27. The number of benzene rings is 2. The Bertz CT molecular complexity index is 1350. The molecule has 194 valence electrons. The zero-order valence-corrected chi connectivity index (χ0v) is 22.2. The van der Waals surface area contributed by atoms with E-state index >= 15 is 0 Å². The smallest absolute Gasteiger partial charge is 0.335 e. The topological polar surface area (TPSA) is 68.5 Å². The fourth-order valence-corrected chi connectivity index (χ4v) is 5.40. The molecule has 1 fully saturated rings. The molecule has 0 radical (unpaired) electrons. The lowest BCUT2D eigenvalue weighted by molar-refractivity contribution is -0.150. The summed E-state index contributed by atoms with van der Waals surface area (Å²) >= 11 is 0. The summed E-state index contributed by atoms with van der Waals surface area (Å²) in [5, 5.41) is 10.6. The first-order chi connectivity index (χ1) is 17.6. The van der Waals surface area contributed by atoms with Crippen molar-refractivity contribution in [2.45, 2.75) is 70.9 Å². The first kappa shape index (κ1) is 26.6. The highest BCUT2D eigenvalue weighted by Gasteiger charge is 2.29. The maximum atomic E-state index is 13.0. The molecular weight excluding hydrogens is 462 g/mol. The lowest BCUT2D eigenvalue weighted by atomic mass is 9.81. The van der Waals surface area contributed by atoms with Gasteiger partial charge < -0.3 is 14.4 Å². The Labute approximate surface area is 219 Å². The van der Waals surface area contributed by atoms with E-state index in [0.29, 0.717) is 17.1 Å². The van der Waals surface area contributed by atoms with Crippen LogP contribution in [0.2, 0.25) is 0 Å². The Morgan fingerprint density at radius 2 is 1.81 bits per heavy atom. The molecule has 4 rings (SSSR count). The molecule has 1 N–H and O–H groups in total. The summed E-state index contributed by atoms with van der Waals surface area (Å²) in [5.74, 6) is -0.424. The molecule has 5 nitrogen and oxygen atoms in total. The Morgan fingerprint density at radius 3 is 2.46 bits per heavy atom. The Morgan fingerprint density at radius 1 is 1.11 bits per heavy atom. The molecule has 5 heteroatoms. The van der Waals surface area contributed by atoms with Gasteiger partial charge in [-0.15, -0.1) is 0 Å². The second-order valence-corrected chi connectivity index (χ2v) is 10.9. The third kappa shape index (κ3) is 5.62. The number of nitrogens with zero attached hydrogens (tertiary/aromatic N) is 1. The van der Waals surface area contributed by atoms with Gasteiger partial charge in [0.25, 0.3) is 0 Å². The molecular formula is C32H37NO4. The second kappa shape index (κ2) is 10.9. The Hall–Kier alpha value is -3.44. The number of ether oxygens (including phenoxy) is 1. The maximum Gasteiger partial charge on any atom is 0.335 e. The summed E-state index contributed by atoms with van der Waals surface area (Å²) < 4.78 is 7.72. The third-order valence-electron chi connectivity index (χ3n) is 7.06. The van der Waals surface area contributed by atoms with Crippen LogP contribution in [0.5, 0.6) is 0 Å². The van der Waals surface area contributed by atoms with E-state index in [1.807, 2.05) is 57.2 Å². The number of hydrogen-bond acceptors (Lipinski definition) is 4. The summed E-state index contributed by atoms with van der Waals surface area (Å²) in [6.45, 7) is 13.3. The van der Waals surface area contributed by atoms with Gasteiger partial charge in [-0.3, -0.25) is 4.79 Å². The number of hydrogen-bond donors (Lipinski definition) is 1. The van der Waals surface area contributed by atoms with E-state index in [9.17, 15) is 14.7 Å². The zero-order chi connectivity index (χ0) is 26.7. The van der Waals surface area contributed by atoms with Crippen LogP contribution in [-0.2, 0) is 16.1 Å². The highest BCUT2D eigenvalue weighted by molar-refractivity contribution is 6.03. The van der Waals surface area contributed by atoms with Crippen LogP contribution in [0.4, 0.5) is 0 Å². The molecule has 0 unspecified atom stereocenters. The van der Waals surface area contributed by atoms with Crippen LogP contribution in [0, 0.1) is 0 Å². The van der Waals surface area contributed by atoms with E-state index in [0.717, 1.165) is 40.6 Å². The number of carbonyl (C=O) groups is 2. The average molecular weight is 500 g/mol. The standard InChI is InChI=1S/C32H37NO4/c1-6-22-12-10-11-15-25(22)30-29(23-13-8-7-9-14-23)26-17-16-24(28(35)20-34)18-27(26)33(30)19-21(2)31(36)37-32(3,4)5/h6,10-12,15-18,23,34H,1-2,7-9,13-14,19-20H2,3-5H3. The Kier molecular flexibility index (Phi) is 7.84. The molecule has 3 aromatic rings. The first-order valence-electron chi connectivity index (χ1n) is 13.1. The van der Waals surface area contributed by atoms with Crippen LogP contribution in [-0.4, -0.2) is 33.6 Å². The van der Waals surface area contributed by atoms with Crippen molar-refractivity contribution in [1.29, 1.82) is 0 Å². The van der Waals surface area contributed by atoms with Crippen molar-refractivity contribution >= 4 is 28.7 Å². The predicted octanol–water partition coefficient (Wildman–Crippen LogP) is 7.07. The molecule has 1 aliphatic rings. The molecule has 0 spiro atoms. The number of ketones is 1. The number of carbonyl (C=O) groups excluding carboxylic acids is 2. The highest BCUT2D eigenvalue weighted by atomic mass is 16.6. The maximum absolute atomic E-state index is 13.0. The fourth-order valence-electron chi connectivity index (χ4n) is 5.40. The van der Waals surface area contributed by atoms with E-state index in [2.05, 4.69) is 23.8 Å². The molecule has 0 bridgehead atoms. The summed E-state index contributed by atoms with van der Waals surface area (Å²) in [7, 11) is 0. The van der Waals surface area contributed by atoms with Gasteiger partial charge in [-0.1, -0.05) is 74.9 Å². The molecule has 0 aliphatic heterocycles. The quantitative estimate of drug-likeness (QED) is 0.204. The van der Waals surface area contributed by atoms with E-state index in [4.69, 9.17) is 4.74 Å². The van der Waals surface area contributed by atoms with Crippen molar-refractivity contribution in [1.82, 2.24) is 4.57 Å². The molecule has 1 aliphatic carbocycles. The second-order valence-electron chi connectivity index (χ2n) is 10.9. The number of aromatic nitrogens is 1. The molecule has 1 heterocycles. The van der Waals surface area contributed by atoms with Gasteiger partial charge in [0.05, 0.1) is 12.2 Å². The number of aliphatic hydroxyl groups excluding tert-OH is 1. The summed E-state index contributed by atoms with van der Waals surface area (Å²) in [6, 6.07) is 13.8. The van der Waals surface area contributed by atoms with Crippen LogP contribution in [0.1, 0.15) is 80.3 Å². The average Bonchev–Trinajstić information content (AvgIpc) is 3.20. The number of rotatable bonds is 8. The van der Waals surface area contributed by atoms with Gasteiger partial charge in [0, 0.05) is 27.6 Å². The van der Waals surface area contributed by atoms with Gasteiger partial charge in [-0.25, -0.2) is 4.79 Å². The summed E-state index contributed by atoms with van der Waals surface area (Å²) in [6.07, 6.45) is 7.61. The van der Waals surface area contributed by atoms with Crippen molar-refractivity contribution in [2.75, 3.05) is 6.61 Å². The normalized spacial score (nSPS) is 14.5. The van der Waals surface area contributed by atoms with Gasteiger partial charge >= 0.3 is 5.97 Å². The van der Waals surface area contributed by atoms with E-state index < -0.39 is 18.2 Å². The zero-order valence-electron chi connectivity index (χ0n) is 22.2. The predicted molar refractivity (Wildman–Crippen MR) is 150 cm³/mol. The van der Waals surface area contributed by atoms with Crippen molar-refractivity contribution in [3.05, 3.63) is 77.9 Å². The van der Waals surface area contributed by atoms with E-state index in [1.54, 1.807) is 6.07 Å². The van der Waals surface area contributed by atoms with Crippen LogP contribution >= 0.6 is 0 Å². The third-order valence-corrected chi connectivity index (χ3v) is 7.06. The number of esters is 1. The van der Waals surface area contributed by atoms with Crippen LogP contribution in [0.3, 0.4) is 0 Å². The molecule has 2 aromatic carbocycles. The van der Waals surface area contributed by atoms with Crippen LogP contribution in [0.15, 0.2) is 61.2 Å². The number of aliphatic hydroxyl groups is 1. The molecule has 1 aromatic heterocycles. The molecule has 1 saturated carbocycles. The highest BCUT2D eigenvalue weighted by Crippen LogP contribution is 2.45. The number of Topliss-reactive ketones (excluding diaryl/α,β-unsaturated/α-hetero) is 1.